The van der Waals surface area contributed by atoms with E-state index in [2.05, 4.69) is 33.4 Å². The van der Waals surface area contributed by atoms with Gasteiger partial charge in [0.15, 0.2) is 0 Å². The molecule has 0 bridgehead atoms. The molecule has 1 fully saturated rings. The van der Waals surface area contributed by atoms with Crippen molar-refractivity contribution >= 4 is 15.9 Å². The molecule has 0 unspecified atom stereocenters. The molecule has 1 saturated heterocycles. The third-order valence-corrected chi connectivity index (χ3v) is 3.22. The molecule has 3 heteroatoms. The second kappa shape index (κ2) is 4.43. The molecule has 1 aliphatic rings. The highest BCUT2D eigenvalue weighted by Crippen LogP contribution is 2.27. The lowest BCUT2D eigenvalue weighted by atomic mass is 9.88. The van der Waals surface area contributed by atoms with Gasteiger partial charge < -0.3 is 10.4 Å². The molecule has 2 nitrogen and oxygen atoms in total. The van der Waals surface area contributed by atoms with Crippen LogP contribution in [0.15, 0.2) is 28.7 Å². The molecule has 76 valence electrons. The van der Waals surface area contributed by atoms with E-state index >= 15 is 0 Å². The molecule has 0 radical (unpaired) electrons. The summed E-state index contributed by atoms with van der Waals surface area (Å²) in [4.78, 5) is 0. The van der Waals surface area contributed by atoms with Crippen molar-refractivity contribution < 1.29 is 5.11 Å². The van der Waals surface area contributed by atoms with Crippen LogP contribution in [-0.4, -0.2) is 24.3 Å². The predicted molar refractivity (Wildman–Crippen MR) is 60.4 cm³/mol. The number of halogens is 1. The van der Waals surface area contributed by atoms with E-state index in [4.69, 9.17) is 0 Å². The van der Waals surface area contributed by atoms with Crippen molar-refractivity contribution in [3.63, 3.8) is 0 Å². The molecular weight excluding hydrogens is 242 g/mol. The lowest BCUT2D eigenvalue weighted by Gasteiger charge is -2.28. The zero-order valence-electron chi connectivity index (χ0n) is 7.91. The standard InChI is InChI=1S/C11H14BrNO/c12-9-3-1-2-8(6-9)10-4-5-13-7-11(10)14/h1-3,6,10-11,13-14H,4-5,7H2/t10-,11+/m1/s1. The number of piperidine rings is 1. The fourth-order valence-electron chi connectivity index (χ4n) is 1.97. The van der Waals surface area contributed by atoms with Gasteiger partial charge in [-0.15, -0.1) is 0 Å². The number of aliphatic hydroxyl groups is 1. The number of benzene rings is 1. The van der Waals surface area contributed by atoms with Gasteiger partial charge in [-0.1, -0.05) is 28.1 Å². The quantitative estimate of drug-likeness (QED) is 0.804. The number of hydrogen-bond acceptors (Lipinski definition) is 2. The summed E-state index contributed by atoms with van der Waals surface area (Å²) in [5, 5.41) is 13.0. The zero-order chi connectivity index (χ0) is 9.97. The second-order valence-electron chi connectivity index (χ2n) is 3.72. The molecule has 1 aromatic carbocycles. The minimum absolute atomic E-state index is 0.252. The van der Waals surface area contributed by atoms with Crippen LogP contribution in [0.3, 0.4) is 0 Å². The highest BCUT2D eigenvalue weighted by Gasteiger charge is 2.24. The molecule has 2 N–H and O–H groups in total. The summed E-state index contributed by atoms with van der Waals surface area (Å²) >= 11 is 3.45. The monoisotopic (exact) mass is 255 g/mol. The molecule has 2 atom stereocenters. The molecule has 2 rings (SSSR count). The van der Waals surface area contributed by atoms with Crippen molar-refractivity contribution in [1.29, 1.82) is 0 Å². The largest absolute Gasteiger partial charge is 0.391 e. The second-order valence-corrected chi connectivity index (χ2v) is 4.64. The molecule has 1 aliphatic heterocycles. The normalized spacial score (nSPS) is 27.6. The minimum Gasteiger partial charge on any atom is -0.391 e. The third-order valence-electron chi connectivity index (χ3n) is 2.73. The molecule has 1 heterocycles. The van der Waals surface area contributed by atoms with E-state index in [9.17, 15) is 5.11 Å². The Morgan fingerprint density at radius 3 is 3.00 bits per heavy atom. The third kappa shape index (κ3) is 2.16. The first-order chi connectivity index (χ1) is 6.77. The number of hydrogen-bond donors (Lipinski definition) is 2. The maximum Gasteiger partial charge on any atom is 0.0733 e. The fraction of sp³-hybridized carbons (Fsp3) is 0.455. The topological polar surface area (TPSA) is 32.3 Å². The van der Waals surface area contributed by atoms with Crippen LogP contribution in [-0.2, 0) is 0 Å². The van der Waals surface area contributed by atoms with Gasteiger partial charge in [0.05, 0.1) is 6.10 Å². The van der Waals surface area contributed by atoms with E-state index in [-0.39, 0.29) is 12.0 Å². The first-order valence-electron chi connectivity index (χ1n) is 4.91. The highest BCUT2D eigenvalue weighted by molar-refractivity contribution is 9.10. The summed E-state index contributed by atoms with van der Waals surface area (Å²) in [6.07, 6.45) is 0.760. The lowest BCUT2D eigenvalue weighted by molar-refractivity contribution is 0.118. The molecule has 1 aromatic rings. The average molecular weight is 256 g/mol. The van der Waals surface area contributed by atoms with Gasteiger partial charge in [0.2, 0.25) is 0 Å². The molecule has 0 saturated carbocycles. The Morgan fingerprint density at radius 2 is 2.29 bits per heavy atom. The van der Waals surface area contributed by atoms with Crippen molar-refractivity contribution in [2.75, 3.05) is 13.1 Å². The van der Waals surface area contributed by atoms with Crippen molar-refractivity contribution in [2.45, 2.75) is 18.4 Å². The Morgan fingerprint density at radius 1 is 1.43 bits per heavy atom. The van der Waals surface area contributed by atoms with Gasteiger partial charge in [0.25, 0.3) is 0 Å². The molecular formula is C11H14BrNO. The smallest absolute Gasteiger partial charge is 0.0733 e. The van der Waals surface area contributed by atoms with E-state index in [0.29, 0.717) is 6.54 Å². The van der Waals surface area contributed by atoms with Crippen LogP contribution in [0, 0.1) is 0 Å². The van der Waals surface area contributed by atoms with E-state index in [1.165, 1.54) is 5.56 Å². The first-order valence-corrected chi connectivity index (χ1v) is 5.71. The molecule has 0 aromatic heterocycles. The van der Waals surface area contributed by atoms with E-state index in [1.807, 2.05) is 12.1 Å². The predicted octanol–water partition coefficient (Wildman–Crippen LogP) is 1.89. The fourth-order valence-corrected chi connectivity index (χ4v) is 2.39. The minimum atomic E-state index is -0.252. The maximum absolute atomic E-state index is 9.84. The van der Waals surface area contributed by atoms with Crippen molar-refractivity contribution in [3.05, 3.63) is 34.3 Å². The summed E-state index contributed by atoms with van der Waals surface area (Å²) in [5.41, 5.74) is 1.23. The maximum atomic E-state index is 9.84. The van der Waals surface area contributed by atoms with Gasteiger partial charge >= 0.3 is 0 Å². The Kier molecular flexibility index (Phi) is 3.21. The van der Waals surface area contributed by atoms with Crippen LogP contribution in [0.5, 0.6) is 0 Å². The number of β-amino-alcohol motifs (C(OH)–C–C–N with tert-alkyl or cyclic N) is 1. The van der Waals surface area contributed by atoms with Gasteiger partial charge in [-0.05, 0) is 30.7 Å². The van der Waals surface area contributed by atoms with Crippen LogP contribution in [0.4, 0.5) is 0 Å². The summed E-state index contributed by atoms with van der Waals surface area (Å²) in [6, 6.07) is 8.22. The summed E-state index contributed by atoms with van der Waals surface area (Å²) in [7, 11) is 0. The molecule has 0 spiro atoms. The van der Waals surface area contributed by atoms with Gasteiger partial charge in [0.1, 0.15) is 0 Å². The Balaban J connectivity index is 2.20. The number of nitrogens with one attached hydrogen (secondary N) is 1. The van der Waals surface area contributed by atoms with E-state index in [0.717, 1.165) is 17.4 Å². The molecule has 14 heavy (non-hydrogen) atoms. The van der Waals surface area contributed by atoms with Crippen LogP contribution >= 0.6 is 15.9 Å². The Hall–Kier alpha value is -0.380. The molecule has 0 amide bonds. The number of aliphatic hydroxyl groups excluding tert-OH is 1. The summed E-state index contributed by atoms with van der Waals surface area (Å²) < 4.78 is 1.08. The van der Waals surface area contributed by atoms with E-state index < -0.39 is 0 Å². The van der Waals surface area contributed by atoms with Gasteiger partial charge in [0, 0.05) is 16.9 Å². The Labute approximate surface area is 92.5 Å². The summed E-state index contributed by atoms with van der Waals surface area (Å²) in [6.45, 7) is 1.70. The highest BCUT2D eigenvalue weighted by atomic mass is 79.9. The van der Waals surface area contributed by atoms with Crippen molar-refractivity contribution in [1.82, 2.24) is 5.32 Å². The SMILES string of the molecule is O[C@H]1CNCC[C@@H]1c1cccc(Br)c1. The summed E-state index contributed by atoms with van der Waals surface area (Å²) in [5.74, 6) is 0.286. The lowest BCUT2D eigenvalue weighted by Crippen LogP contribution is -2.39. The van der Waals surface area contributed by atoms with Gasteiger partial charge in [-0.3, -0.25) is 0 Å². The van der Waals surface area contributed by atoms with Crippen LogP contribution < -0.4 is 5.32 Å². The first kappa shape index (κ1) is 10.1. The zero-order valence-corrected chi connectivity index (χ0v) is 9.50. The van der Waals surface area contributed by atoms with E-state index in [1.54, 1.807) is 0 Å². The van der Waals surface area contributed by atoms with Gasteiger partial charge in [-0.2, -0.15) is 0 Å². The Bertz CT molecular complexity index is 316. The van der Waals surface area contributed by atoms with Crippen molar-refractivity contribution in [2.24, 2.45) is 0 Å². The average Bonchev–Trinajstić information content (AvgIpc) is 2.18. The van der Waals surface area contributed by atoms with Gasteiger partial charge in [-0.25, -0.2) is 0 Å². The van der Waals surface area contributed by atoms with Crippen LogP contribution in [0.25, 0.3) is 0 Å². The van der Waals surface area contributed by atoms with Crippen LogP contribution in [0.1, 0.15) is 17.9 Å². The van der Waals surface area contributed by atoms with Crippen LogP contribution in [0.2, 0.25) is 0 Å². The van der Waals surface area contributed by atoms with Crippen molar-refractivity contribution in [3.8, 4) is 0 Å². The molecule has 0 aliphatic carbocycles. The number of rotatable bonds is 1.